The van der Waals surface area contributed by atoms with Crippen LogP contribution in [-0.4, -0.2) is 74.7 Å². The Balaban J connectivity index is 0.00000210. The van der Waals surface area contributed by atoms with Crippen molar-refractivity contribution in [3.05, 3.63) is 30.1 Å². The highest BCUT2D eigenvalue weighted by atomic mass is 127. The summed E-state index contributed by atoms with van der Waals surface area (Å²) in [5.74, 6) is 1.59. The number of aliphatic imine (C=N–C) groups is 1. The van der Waals surface area contributed by atoms with Crippen molar-refractivity contribution in [3.63, 3.8) is 0 Å². The molecular formula is C20H31FIN5. The fourth-order valence-corrected chi connectivity index (χ4v) is 4.20. The maximum Gasteiger partial charge on any atom is 0.193 e. The molecule has 27 heavy (non-hydrogen) atoms. The molecule has 1 aromatic carbocycles. The van der Waals surface area contributed by atoms with Crippen molar-refractivity contribution < 1.29 is 4.39 Å². The SMILES string of the molecule is CN=C(NCC1CCN(C2CC2)C1)N1CCN(c2ccc(F)cc2)CC1.I. The van der Waals surface area contributed by atoms with Crippen LogP contribution in [0.3, 0.4) is 0 Å². The number of piperazine rings is 1. The maximum atomic E-state index is 13.1. The number of hydrogen-bond donors (Lipinski definition) is 1. The van der Waals surface area contributed by atoms with Gasteiger partial charge >= 0.3 is 0 Å². The zero-order valence-electron chi connectivity index (χ0n) is 16.1. The van der Waals surface area contributed by atoms with E-state index in [0.29, 0.717) is 0 Å². The minimum absolute atomic E-state index is 0. The zero-order valence-corrected chi connectivity index (χ0v) is 18.4. The van der Waals surface area contributed by atoms with Gasteiger partial charge in [0.05, 0.1) is 0 Å². The van der Waals surface area contributed by atoms with E-state index < -0.39 is 0 Å². The van der Waals surface area contributed by atoms with E-state index in [0.717, 1.165) is 56.3 Å². The highest BCUT2D eigenvalue weighted by molar-refractivity contribution is 14.0. The average Bonchev–Trinajstić information content (AvgIpc) is 3.42. The summed E-state index contributed by atoms with van der Waals surface area (Å²) < 4.78 is 13.1. The Kier molecular flexibility index (Phi) is 7.19. The van der Waals surface area contributed by atoms with Crippen molar-refractivity contribution in [3.8, 4) is 0 Å². The molecule has 3 aliphatic rings. The van der Waals surface area contributed by atoms with Crippen LogP contribution in [0.2, 0.25) is 0 Å². The van der Waals surface area contributed by atoms with Crippen LogP contribution in [0.5, 0.6) is 0 Å². The fourth-order valence-electron chi connectivity index (χ4n) is 4.20. The van der Waals surface area contributed by atoms with Crippen molar-refractivity contribution in [1.82, 2.24) is 15.1 Å². The molecule has 3 fully saturated rings. The van der Waals surface area contributed by atoms with Crippen LogP contribution in [0.15, 0.2) is 29.3 Å². The van der Waals surface area contributed by atoms with Crippen LogP contribution >= 0.6 is 24.0 Å². The fraction of sp³-hybridized carbons (Fsp3) is 0.650. The number of hydrogen-bond acceptors (Lipinski definition) is 3. The maximum absolute atomic E-state index is 13.1. The molecule has 1 saturated carbocycles. The minimum atomic E-state index is -0.177. The summed E-state index contributed by atoms with van der Waals surface area (Å²) in [5.41, 5.74) is 1.10. The van der Waals surface area contributed by atoms with Crippen molar-refractivity contribution in [2.45, 2.75) is 25.3 Å². The van der Waals surface area contributed by atoms with Gasteiger partial charge in [0.2, 0.25) is 0 Å². The standard InChI is InChI=1S/C20H30FN5.HI/c1-22-20(23-14-16-8-9-26(15-16)19-6-7-19)25-12-10-24(11-13-25)18-4-2-17(21)3-5-18;/h2-5,16,19H,6-15H2,1H3,(H,22,23);1H. The van der Waals surface area contributed by atoms with Gasteiger partial charge in [0.1, 0.15) is 5.82 Å². The highest BCUT2D eigenvalue weighted by Crippen LogP contribution is 2.31. The van der Waals surface area contributed by atoms with E-state index in [2.05, 4.69) is 25.0 Å². The second kappa shape index (κ2) is 9.41. The average molecular weight is 487 g/mol. The first kappa shape index (κ1) is 20.6. The van der Waals surface area contributed by atoms with Gasteiger partial charge in [-0.15, -0.1) is 24.0 Å². The summed E-state index contributed by atoms with van der Waals surface area (Å²) >= 11 is 0. The van der Waals surface area contributed by atoms with Crippen LogP contribution in [0.4, 0.5) is 10.1 Å². The summed E-state index contributed by atoms with van der Waals surface area (Å²) in [6, 6.07) is 7.69. The van der Waals surface area contributed by atoms with Crippen molar-refractivity contribution in [2.24, 2.45) is 10.9 Å². The Bertz CT molecular complexity index is 626. The molecule has 4 rings (SSSR count). The number of guanidine groups is 1. The van der Waals surface area contributed by atoms with Gasteiger partial charge in [-0.1, -0.05) is 0 Å². The first-order valence-electron chi connectivity index (χ1n) is 9.93. The van der Waals surface area contributed by atoms with Gasteiger partial charge in [-0.25, -0.2) is 4.39 Å². The van der Waals surface area contributed by atoms with E-state index in [1.54, 1.807) is 0 Å². The summed E-state index contributed by atoms with van der Waals surface area (Å²) in [6.07, 6.45) is 4.11. The molecule has 5 nitrogen and oxygen atoms in total. The van der Waals surface area contributed by atoms with E-state index in [1.807, 2.05) is 19.2 Å². The quantitative estimate of drug-likeness (QED) is 0.403. The molecule has 7 heteroatoms. The molecule has 1 atom stereocenters. The molecule has 1 aliphatic carbocycles. The molecule has 0 spiro atoms. The van der Waals surface area contributed by atoms with Gasteiger partial charge in [0, 0.05) is 58.0 Å². The lowest BCUT2D eigenvalue weighted by Crippen LogP contribution is -2.53. The van der Waals surface area contributed by atoms with Crippen LogP contribution in [0.1, 0.15) is 19.3 Å². The van der Waals surface area contributed by atoms with Crippen LogP contribution in [-0.2, 0) is 0 Å². The number of benzene rings is 1. The topological polar surface area (TPSA) is 34.1 Å². The number of anilines is 1. The molecule has 0 aromatic heterocycles. The predicted molar refractivity (Wildman–Crippen MR) is 120 cm³/mol. The molecule has 1 N–H and O–H groups in total. The monoisotopic (exact) mass is 487 g/mol. The van der Waals surface area contributed by atoms with E-state index in [9.17, 15) is 4.39 Å². The largest absolute Gasteiger partial charge is 0.368 e. The summed E-state index contributed by atoms with van der Waals surface area (Å²) in [5, 5.41) is 3.60. The lowest BCUT2D eigenvalue weighted by Gasteiger charge is -2.38. The van der Waals surface area contributed by atoms with Crippen molar-refractivity contribution >= 4 is 35.6 Å². The highest BCUT2D eigenvalue weighted by Gasteiger charge is 2.34. The molecule has 2 saturated heterocycles. The molecule has 1 unspecified atom stereocenters. The molecule has 0 bridgehead atoms. The Hall–Kier alpha value is -1.09. The van der Waals surface area contributed by atoms with E-state index in [-0.39, 0.29) is 29.8 Å². The summed E-state index contributed by atoms with van der Waals surface area (Å²) in [7, 11) is 1.87. The van der Waals surface area contributed by atoms with Crippen molar-refractivity contribution in [1.29, 1.82) is 0 Å². The number of halogens is 2. The summed E-state index contributed by atoms with van der Waals surface area (Å²) in [6.45, 7) is 7.29. The Morgan fingerprint density at radius 2 is 1.78 bits per heavy atom. The van der Waals surface area contributed by atoms with Gasteiger partial charge in [-0.2, -0.15) is 0 Å². The number of nitrogens with one attached hydrogen (secondary N) is 1. The molecule has 2 aliphatic heterocycles. The third-order valence-corrected chi connectivity index (χ3v) is 5.91. The molecule has 2 heterocycles. The lowest BCUT2D eigenvalue weighted by molar-refractivity contribution is 0.312. The lowest BCUT2D eigenvalue weighted by atomic mass is 10.1. The number of nitrogens with zero attached hydrogens (tertiary/aromatic N) is 4. The third-order valence-electron chi connectivity index (χ3n) is 5.91. The molecule has 0 radical (unpaired) electrons. The third kappa shape index (κ3) is 5.25. The summed E-state index contributed by atoms with van der Waals surface area (Å²) in [4.78, 5) is 11.8. The Labute approximate surface area is 179 Å². The van der Waals surface area contributed by atoms with Gasteiger partial charge in [0.15, 0.2) is 5.96 Å². The van der Waals surface area contributed by atoms with Gasteiger partial charge in [-0.3, -0.25) is 4.99 Å². The predicted octanol–water partition coefficient (Wildman–Crippen LogP) is 2.63. The van der Waals surface area contributed by atoms with Crippen LogP contribution < -0.4 is 10.2 Å². The number of likely N-dealkylation sites (tertiary alicyclic amines) is 1. The van der Waals surface area contributed by atoms with Crippen LogP contribution in [0.25, 0.3) is 0 Å². The van der Waals surface area contributed by atoms with Crippen molar-refractivity contribution in [2.75, 3.05) is 57.8 Å². The molecule has 150 valence electrons. The van der Waals surface area contributed by atoms with Crippen LogP contribution in [0, 0.1) is 11.7 Å². The Morgan fingerprint density at radius 3 is 2.41 bits per heavy atom. The molecular weight excluding hydrogens is 456 g/mol. The van der Waals surface area contributed by atoms with E-state index >= 15 is 0 Å². The first-order valence-corrected chi connectivity index (χ1v) is 9.93. The minimum Gasteiger partial charge on any atom is -0.368 e. The molecule has 0 amide bonds. The molecule has 1 aromatic rings. The Morgan fingerprint density at radius 1 is 1.07 bits per heavy atom. The first-order chi connectivity index (χ1) is 12.7. The second-order valence-corrected chi connectivity index (χ2v) is 7.76. The van der Waals surface area contributed by atoms with Gasteiger partial charge in [-0.05, 0) is 56.0 Å². The normalized spacial score (nSPS) is 24.1. The second-order valence-electron chi connectivity index (χ2n) is 7.76. The van der Waals surface area contributed by atoms with Gasteiger partial charge in [0.25, 0.3) is 0 Å². The van der Waals surface area contributed by atoms with E-state index in [4.69, 9.17) is 0 Å². The number of rotatable bonds is 4. The smallest absolute Gasteiger partial charge is 0.193 e. The zero-order chi connectivity index (χ0) is 17.9. The van der Waals surface area contributed by atoms with E-state index in [1.165, 1.54) is 44.5 Å². The van der Waals surface area contributed by atoms with Gasteiger partial charge < -0.3 is 20.0 Å².